The van der Waals surface area contributed by atoms with Gasteiger partial charge in [0.2, 0.25) is 5.91 Å². The minimum absolute atomic E-state index is 0.0375. The molecule has 0 aliphatic heterocycles. The van der Waals surface area contributed by atoms with Crippen molar-refractivity contribution in [2.24, 2.45) is 5.92 Å². The fourth-order valence-electron chi connectivity index (χ4n) is 2.29. The Balaban J connectivity index is 2.16. The van der Waals surface area contributed by atoms with E-state index in [-0.39, 0.29) is 18.0 Å². The number of hydrogen-bond donors (Lipinski definition) is 1. The molecule has 0 bridgehead atoms. The topological polar surface area (TPSA) is 98.7 Å². The monoisotopic (exact) mass is 284 g/mol. The summed E-state index contributed by atoms with van der Waals surface area (Å²) >= 11 is 0. The van der Waals surface area contributed by atoms with E-state index in [1.165, 1.54) is 10.8 Å². The number of nitriles is 2. The number of amides is 1. The van der Waals surface area contributed by atoms with Crippen LogP contribution in [-0.2, 0) is 11.3 Å². The summed E-state index contributed by atoms with van der Waals surface area (Å²) in [4.78, 5) is 24.1. The Morgan fingerprint density at radius 3 is 2.71 bits per heavy atom. The fourth-order valence-corrected chi connectivity index (χ4v) is 2.29. The molecule has 0 aromatic carbocycles. The molecule has 1 aromatic heterocycles. The molecule has 108 valence electrons. The first kappa shape index (κ1) is 14.8. The summed E-state index contributed by atoms with van der Waals surface area (Å²) in [5.41, 5.74) is -0.754. The van der Waals surface area contributed by atoms with Crippen LogP contribution in [0.4, 0.5) is 0 Å². The summed E-state index contributed by atoms with van der Waals surface area (Å²) in [6.45, 7) is 3.17. The van der Waals surface area contributed by atoms with Crippen molar-refractivity contribution in [3.05, 3.63) is 33.7 Å². The second-order valence-corrected chi connectivity index (χ2v) is 5.56. The Bertz CT molecular complexity index is 719. The maximum absolute atomic E-state index is 12.1. The highest BCUT2D eigenvalue weighted by molar-refractivity contribution is 5.77. The van der Waals surface area contributed by atoms with Crippen LogP contribution in [0.5, 0.6) is 0 Å². The number of carbonyl (C=O) groups excluding carboxylic acids is 1. The molecule has 1 fully saturated rings. The van der Waals surface area contributed by atoms with E-state index in [0.29, 0.717) is 5.56 Å². The molecule has 1 aliphatic rings. The average molecular weight is 284 g/mol. The van der Waals surface area contributed by atoms with Crippen LogP contribution in [0.25, 0.3) is 0 Å². The lowest BCUT2D eigenvalue weighted by molar-refractivity contribution is -0.123. The lowest BCUT2D eigenvalue weighted by Crippen LogP contribution is -2.48. The largest absolute Gasteiger partial charge is 0.336 e. The van der Waals surface area contributed by atoms with Gasteiger partial charge < -0.3 is 9.88 Å². The van der Waals surface area contributed by atoms with E-state index >= 15 is 0 Å². The van der Waals surface area contributed by atoms with Gasteiger partial charge in [0.25, 0.3) is 5.56 Å². The van der Waals surface area contributed by atoms with Crippen molar-refractivity contribution in [3.63, 3.8) is 0 Å². The van der Waals surface area contributed by atoms with Gasteiger partial charge in [0, 0.05) is 6.20 Å². The summed E-state index contributed by atoms with van der Waals surface area (Å²) in [6, 6.07) is 5.60. The molecule has 21 heavy (non-hydrogen) atoms. The zero-order valence-corrected chi connectivity index (χ0v) is 12.0. The lowest BCUT2D eigenvalue weighted by atomic mass is 9.98. The molecule has 0 radical (unpaired) electrons. The number of nitrogens with zero attached hydrogens (tertiary/aromatic N) is 3. The van der Waals surface area contributed by atoms with E-state index in [1.807, 2.05) is 6.07 Å². The SMILES string of the molecule is Cc1ccn(CC(=O)NC(C)(C#N)C2CC2)c(=O)c1C#N. The number of nitrogens with one attached hydrogen (secondary N) is 1. The Hall–Kier alpha value is -2.60. The first-order chi connectivity index (χ1) is 9.91. The first-order valence-electron chi connectivity index (χ1n) is 6.73. The van der Waals surface area contributed by atoms with Crippen LogP contribution in [0.15, 0.2) is 17.1 Å². The third-order valence-electron chi connectivity index (χ3n) is 3.82. The normalized spacial score (nSPS) is 16.4. The van der Waals surface area contributed by atoms with Gasteiger partial charge in [-0.3, -0.25) is 9.59 Å². The van der Waals surface area contributed by atoms with Crippen molar-refractivity contribution in [3.8, 4) is 12.1 Å². The number of aryl methyl sites for hydroxylation is 1. The summed E-state index contributed by atoms with van der Waals surface area (Å²) in [5, 5.41) is 20.9. The number of hydrogen-bond acceptors (Lipinski definition) is 4. The number of carbonyl (C=O) groups is 1. The molecular formula is C15H16N4O2. The van der Waals surface area contributed by atoms with Crippen LogP contribution in [0, 0.1) is 35.5 Å². The van der Waals surface area contributed by atoms with Crippen LogP contribution in [0.3, 0.4) is 0 Å². The van der Waals surface area contributed by atoms with E-state index in [4.69, 9.17) is 5.26 Å². The summed E-state index contributed by atoms with van der Waals surface area (Å²) in [5.74, 6) is -0.225. The van der Waals surface area contributed by atoms with Crippen molar-refractivity contribution in [1.29, 1.82) is 10.5 Å². The van der Waals surface area contributed by atoms with Gasteiger partial charge >= 0.3 is 0 Å². The van der Waals surface area contributed by atoms with Gasteiger partial charge in [0.1, 0.15) is 23.7 Å². The van der Waals surface area contributed by atoms with Crippen LogP contribution >= 0.6 is 0 Å². The zero-order chi connectivity index (χ0) is 15.6. The Morgan fingerprint density at radius 2 is 2.19 bits per heavy atom. The predicted molar refractivity (Wildman–Crippen MR) is 75.0 cm³/mol. The van der Waals surface area contributed by atoms with Gasteiger partial charge in [-0.1, -0.05) is 0 Å². The lowest BCUT2D eigenvalue weighted by Gasteiger charge is -2.23. The summed E-state index contributed by atoms with van der Waals surface area (Å²) in [6.07, 6.45) is 3.33. The minimum atomic E-state index is -0.885. The maximum Gasteiger partial charge on any atom is 0.269 e. The second-order valence-electron chi connectivity index (χ2n) is 5.56. The molecule has 2 rings (SSSR count). The molecule has 6 nitrogen and oxygen atoms in total. The van der Waals surface area contributed by atoms with E-state index in [2.05, 4.69) is 11.4 Å². The predicted octanol–water partition coefficient (Wildman–Crippen LogP) is 0.837. The van der Waals surface area contributed by atoms with Crippen molar-refractivity contribution in [2.75, 3.05) is 0 Å². The first-order valence-corrected chi connectivity index (χ1v) is 6.73. The van der Waals surface area contributed by atoms with Crippen LogP contribution < -0.4 is 10.9 Å². The third kappa shape index (κ3) is 2.95. The summed E-state index contributed by atoms with van der Waals surface area (Å²) < 4.78 is 1.19. The Kier molecular flexibility index (Phi) is 3.82. The highest BCUT2D eigenvalue weighted by Gasteiger charge is 2.42. The molecule has 1 saturated carbocycles. The highest BCUT2D eigenvalue weighted by atomic mass is 16.2. The van der Waals surface area contributed by atoms with Gasteiger partial charge in [-0.25, -0.2) is 0 Å². The van der Waals surface area contributed by atoms with Gasteiger partial charge in [-0.05, 0) is 44.2 Å². The van der Waals surface area contributed by atoms with Crippen LogP contribution in [-0.4, -0.2) is 16.0 Å². The molecule has 0 spiro atoms. The molecule has 1 aromatic rings. The zero-order valence-electron chi connectivity index (χ0n) is 12.0. The number of rotatable bonds is 4. The molecule has 6 heteroatoms. The van der Waals surface area contributed by atoms with Crippen molar-refractivity contribution in [1.82, 2.24) is 9.88 Å². The fraction of sp³-hybridized carbons (Fsp3) is 0.467. The quantitative estimate of drug-likeness (QED) is 0.885. The van der Waals surface area contributed by atoms with Crippen LogP contribution in [0.2, 0.25) is 0 Å². The second kappa shape index (κ2) is 5.41. The van der Waals surface area contributed by atoms with Gasteiger partial charge in [0.05, 0.1) is 6.07 Å². The van der Waals surface area contributed by atoms with Crippen molar-refractivity contribution >= 4 is 5.91 Å². The van der Waals surface area contributed by atoms with E-state index < -0.39 is 17.0 Å². The average Bonchev–Trinajstić information content (AvgIpc) is 3.27. The van der Waals surface area contributed by atoms with Gasteiger partial charge in [-0.2, -0.15) is 10.5 Å². The van der Waals surface area contributed by atoms with Gasteiger partial charge in [-0.15, -0.1) is 0 Å². The van der Waals surface area contributed by atoms with Crippen molar-refractivity contribution in [2.45, 2.75) is 38.8 Å². The van der Waals surface area contributed by atoms with E-state index in [0.717, 1.165) is 12.8 Å². The van der Waals surface area contributed by atoms with Gasteiger partial charge in [0.15, 0.2) is 0 Å². The molecule has 1 amide bonds. The molecule has 1 aliphatic carbocycles. The van der Waals surface area contributed by atoms with Crippen molar-refractivity contribution < 1.29 is 4.79 Å². The molecule has 1 heterocycles. The van der Waals surface area contributed by atoms with E-state index in [9.17, 15) is 14.9 Å². The summed E-state index contributed by atoms with van der Waals surface area (Å²) in [7, 11) is 0. The molecule has 1 atom stereocenters. The molecule has 0 saturated heterocycles. The minimum Gasteiger partial charge on any atom is -0.336 e. The van der Waals surface area contributed by atoms with Crippen LogP contribution in [0.1, 0.15) is 30.9 Å². The third-order valence-corrected chi connectivity index (χ3v) is 3.82. The van der Waals surface area contributed by atoms with E-state index in [1.54, 1.807) is 19.9 Å². The maximum atomic E-state index is 12.1. The molecular weight excluding hydrogens is 268 g/mol. The smallest absolute Gasteiger partial charge is 0.269 e. The highest BCUT2D eigenvalue weighted by Crippen LogP contribution is 2.39. The number of aromatic nitrogens is 1. The number of pyridine rings is 1. The Labute approximate surface area is 122 Å². The standard InChI is InChI=1S/C15H16N4O2/c1-10-5-6-19(14(21)12(10)7-16)8-13(20)18-15(2,9-17)11-3-4-11/h5-6,11H,3-4,8H2,1-2H3,(H,18,20). The molecule has 1 N–H and O–H groups in total. The molecule has 1 unspecified atom stereocenters. The Morgan fingerprint density at radius 1 is 1.52 bits per heavy atom.